The second-order valence-electron chi connectivity index (χ2n) is 4.01. The van der Waals surface area contributed by atoms with Gasteiger partial charge in [-0.25, -0.2) is 9.67 Å². The highest BCUT2D eigenvalue weighted by molar-refractivity contribution is 7.99. The van der Waals surface area contributed by atoms with E-state index >= 15 is 0 Å². The molecule has 0 spiro atoms. The molecular weight excluding hydrogens is 258 g/mol. The lowest BCUT2D eigenvalue weighted by Crippen LogP contribution is -1.98. The topological polar surface area (TPSA) is 56.5 Å². The molecule has 0 aliphatic heterocycles. The maximum atomic E-state index is 5.89. The van der Waals surface area contributed by atoms with Crippen molar-refractivity contribution < 1.29 is 0 Å². The van der Waals surface area contributed by atoms with Gasteiger partial charge in [0, 0.05) is 11.1 Å². The Labute approximate surface area is 108 Å². The van der Waals surface area contributed by atoms with Gasteiger partial charge >= 0.3 is 0 Å². The van der Waals surface area contributed by atoms with Gasteiger partial charge in [0.1, 0.15) is 5.15 Å². The molecule has 0 bridgehead atoms. The Kier molecular flexibility index (Phi) is 2.76. The van der Waals surface area contributed by atoms with Crippen LogP contribution >= 0.6 is 23.4 Å². The fourth-order valence-corrected chi connectivity index (χ4v) is 2.65. The predicted molar refractivity (Wildman–Crippen MR) is 64.2 cm³/mol. The lowest BCUT2D eigenvalue weighted by atomic mass is 10.3. The van der Waals surface area contributed by atoms with Gasteiger partial charge in [-0.3, -0.25) is 0 Å². The summed E-state index contributed by atoms with van der Waals surface area (Å²) in [5.74, 6) is 0. The van der Waals surface area contributed by atoms with E-state index in [1.165, 1.54) is 11.8 Å². The number of aromatic nitrogens is 5. The third-order valence-corrected chi connectivity index (χ3v) is 3.89. The highest BCUT2D eigenvalue weighted by Gasteiger charge is 2.28. The van der Waals surface area contributed by atoms with E-state index in [2.05, 4.69) is 20.5 Å². The van der Waals surface area contributed by atoms with Gasteiger partial charge < -0.3 is 0 Å². The summed E-state index contributed by atoms with van der Waals surface area (Å²) < 4.78 is 1.89. The summed E-state index contributed by atoms with van der Waals surface area (Å²) in [6, 6.07) is 2.32. The molecule has 2 aromatic heterocycles. The minimum absolute atomic E-state index is 0.477. The molecule has 1 saturated carbocycles. The van der Waals surface area contributed by atoms with Crippen molar-refractivity contribution in [2.24, 2.45) is 0 Å². The quantitative estimate of drug-likeness (QED) is 0.800. The number of nitrogens with zero attached hydrogens (tertiary/aromatic N) is 5. The zero-order valence-corrected chi connectivity index (χ0v) is 10.7. The standard InChI is InChI=1S/C10H10ClN5S/c1-6-5-12-9(11)4-8(6)17-10-13-14-15-16(10)7-2-3-7/h4-5,7H,2-3H2,1H3. The van der Waals surface area contributed by atoms with E-state index < -0.39 is 0 Å². The monoisotopic (exact) mass is 267 g/mol. The number of aryl methyl sites for hydroxylation is 1. The summed E-state index contributed by atoms with van der Waals surface area (Å²) in [5, 5.41) is 13.1. The number of tetrazole rings is 1. The van der Waals surface area contributed by atoms with Gasteiger partial charge in [0.05, 0.1) is 6.04 Å². The summed E-state index contributed by atoms with van der Waals surface area (Å²) >= 11 is 7.42. The van der Waals surface area contributed by atoms with E-state index in [0.29, 0.717) is 11.2 Å². The second kappa shape index (κ2) is 4.27. The second-order valence-corrected chi connectivity index (χ2v) is 5.41. The van der Waals surface area contributed by atoms with Crippen molar-refractivity contribution in [1.82, 2.24) is 25.2 Å². The van der Waals surface area contributed by atoms with E-state index in [1.54, 1.807) is 6.20 Å². The van der Waals surface area contributed by atoms with Gasteiger partial charge in [-0.05, 0) is 53.6 Å². The van der Waals surface area contributed by atoms with E-state index in [1.807, 2.05) is 17.7 Å². The third kappa shape index (κ3) is 2.28. The van der Waals surface area contributed by atoms with E-state index in [4.69, 9.17) is 11.6 Å². The maximum absolute atomic E-state index is 5.89. The SMILES string of the molecule is Cc1cnc(Cl)cc1Sc1nnnn1C1CC1. The van der Waals surface area contributed by atoms with Crippen molar-refractivity contribution in [3.05, 3.63) is 23.0 Å². The molecular formula is C10H10ClN5S. The largest absolute Gasteiger partial charge is 0.244 e. The van der Waals surface area contributed by atoms with Gasteiger partial charge in [-0.1, -0.05) is 11.6 Å². The third-order valence-electron chi connectivity index (χ3n) is 2.58. The summed E-state index contributed by atoms with van der Waals surface area (Å²) in [5.41, 5.74) is 1.07. The highest BCUT2D eigenvalue weighted by Crippen LogP contribution is 2.38. The van der Waals surface area contributed by atoms with Crippen LogP contribution in [0.2, 0.25) is 5.15 Å². The fourth-order valence-electron chi connectivity index (χ4n) is 1.49. The number of halogens is 1. The van der Waals surface area contributed by atoms with Gasteiger partial charge in [-0.15, -0.1) is 5.10 Å². The Morgan fingerprint density at radius 3 is 3.06 bits per heavy atom. The molecule has 88 valence electrons. The van der Waals surface area contributed by atoms with Gasteiger partial charge in [-0.2, -0.15) is 0 Å². The molecule has 2 heterocycles. The summed E-state index contributed by atoms with van der Waals surface area (Å²) in [6.45, 7) is 2.00. The molecule has 1 aliphatic carbocycles. The molecule has 0 amide bonds. The Balaban J connectivity index is 1.90. The van der Waals surface area contributed by atoms with Crippen LogP contribution in [0.5, 0.6) is 0 Å². The molecule has 0 N–H and O–H groups in total. The average Bonchev–Trinajstić information content (AvgIpc) is 3.05. The van der Waals surface area contributed by atoms with Crippen molar-refractivity contribution >= 4 is 23.4 Å². The predicted octanol–water partition coefficient (Wildman–Crippen LogP) is 2.52. The highest BCUT2D eigenvalue weighted by atomic mass is 35.5. The van der Waals surface area contributed by atoms with Crippen molar-refractivity contribution in [3.63, 3.8) is 0 Å². The summed E-state index contributed by atoms with van der Waals surface area (Å²) in [6.07, 6.45) is 4.08. The number of hydrogen-bond donors (Lipinski definition) is 0. The minimum atomic E-state index is 0.477. The number of hydrogen-bond acceptors (Lipinski definition) is 5. The molecule has 0 aromatic carbocycles. The molecule has 2 aromatic rings. The molecule has 0 unspecified atom stereocenters. The molecule has 17 heavy (non-hydrogen) atoms. The van der Waals surface area contributed by atoms with Gasteiger partial charge in [0.15, 0.2) is 0 Å². The maximum Gasteiger partial charge on any atom is 0.214 e. The Bertz CT molecular complexity index is 551. The van der Waals surface area contributed by atoms with Crippen molar-refractivity contribution in [2.45, 2.75) is 35.9 Å². The van der Waals surface area contributed by atoms with Crippen molar-refractivity contribution in [1.29, 1.82) is 0 Å². The van der Waals surface area contributed by atoms with Crippen LogP contribution in [0.4, 0.5) is 0 Å². The average molecular weight is 268 g/mol. The van der Waals surface area contributed by atoms with Crippen LogP contribution in [-0.2, 0) is 0 Å². The Hall–Kier alpha value is -1.14. The molecule has 7 heteroatoms. The lowest BCUT2D eigenvalue weighted by molar-refractivity contribution is 0.565. The Morgan fingerprint density at radius 1 is 1.47 bits per heavy atom. The molecule has 1 aliphatic rings. The van der Waals surface area contributed by atoms with Crippen molar-refractivity contribution in [2.75, 3.05) is 0 Å². The fraction of sp³-hybridized carbons (Fsp3) is 0.400. The zero-order valence-electron chi connectivity index (χ0n) is 9.17. The Morgan fingerprint density at radius 2 is 2.29 bits per heavy atom. The molecule has 0 radical (unpaired) electrons. The first kappa shape index (κ1) is 11.0. The first-order valence-corrected chi connectivity index (χ1v) is 6.51. The molecule has 5 nitrogen and oxygen atoms in total. The number of rotatable bonds is 3. The molecule has 3 rings (SSSR count). The van der Waals surface area contributed by atoms with Crippen LogP contribution in [0.25, 0.3) is 0 Å². The van der Waals surface area contributed by atoms with E-state index in [9.17, 15) is 0 Å². The van der Waals surface area contributed by atoms with Gasteiger partial charge in [0.2, 0.25) is 5.16 Å². The van der Waals surface area contributed by atoms with Crippen LogP contribution in [-0.4, -0.2) is 25.2 Å². The minimum Gasteiger partial charge on any atom is -0.244 e. The van der Waals surface area contributed by atoms with Crippen LogP contribution in [0.1, 0.15) is 24.4 Å². The summed E-state index contributed by atoms with van der Waals surface area (Å²) in [7, 11) is 0. The van der Waals surface area contributed by atoms with Crippen LogP contribution in [0.15, 0.2) is 22.3 Å². The smallest absolute Gasteiger partial charge is 0.214 e. The normalized spacial score (nSPS) is 15.2. The number of pyridine rings is 1. The first-order chi connectivity index (χ1) is 8.24. The first-order valence-electron chi connectivity index (χ1n) is 5.32. The molecule has 0 saturated heterocycles. The zero-order chi connectivity index (χ0) is 11.8. The van der Waals surface area contributed by atoms with Gasteiger partial charge in [0.25, 0.3) is 0 Å². The summed E-state index contributed by atoms with van der Waals surface area (Å²) in [4.78, 5) is 5.08. The molecule has 0 atom stereocenters. The van der Waals surface area contributed by atoms with Crippen molar-refractivity contribution in [3.8, 4) is 0 Å². The van der Waals surface area contributed by atoms with Crippen LogP contribution in [0, 0.1) is 6.92 Å². The molecule has 1 fully saturated rings. The van der Waals surface area contributed by atoms with E-state index in [0.717, 1.165) is 28.5 Å². The van der Waals surface area contributed by atoms with Crippen LogP contribution in [0.3, 0.4) is 0 Å². The van der Waals surface area contributed by atoms with Crippen LogP contribution < -0.4 is 0 Å². The lowest BCUT2D eigenvalue weighted by Gasteiger charge is -2.05. The van der Waals surface area contributed by atoms with E-state index in [-0.39, 0.29) is 0 Å².